The molecule has 1 saturated heterocycles. The van der Waals surface area contributed by atoms with Crippen LogP contribution in [-0.2, 0) is 9.53 Å². The second kappa shape index (κ2) is 9.79. The molecule has 3 fully saturated rings. The van der Waals surface area contributed by atoms with Crippen LogP contribution in [0, 0.1) is 11.8 Å². The van der Waals surface area contributed by atoms with Gasteiger partial charge in [-0.2, -0.15) is 0 Å². The van der Waals surface area contributed by atoms with Crippen LogP contribution in [0.1, 0.15) is 89.9 Å². The van der Waals surface area contributed by atoms with E-state index in [1.165, 1.54) is 77.0 Å². The third kappa shape index (κ3) is 5.75. The van der Waals surface area contributed by atoms with Gasteiger partial charge in [0.15, 0.2) is 0 Å². The molecule has 3 nitrogen and oxygen atoms in total. The van der Waals surface area contributed by atoms with Gasteiger partial charge in [0.2, 0.25) is 5.91 Å². The second-order valence-corrected chi connectivity index (χ2v) is 8.49. The highest BCUT2D eigenvalue weighted by molar-refractivity contribution is 5.77. The Hall–Kier alpha value is -0.570. The zero-order valence-electron chi connectivity index (χ0n) is 15.5. The highest BCUT2D eigenvalue weighted by Gasteiger charge is 2.26. The molecule has 0 aromatic rings. The Labute approximate surface area is 148 Å². The van der Waals surface area contributed by atoms with Crippen LogP contribution in [0.2, 0.25) is 0 Å². The molecule has 0 spiro atoms. The molecule has 0 radical (unpaired) electrons. The fourth-order valence-corrected chi connectivity index (χ4v) is 5.03. The number of nitrogens with zero attached hydrogens (tertiary/aromatic N) is 1. The summed E-state index contributed by atoms with van der Waals surface area (Å²) in [6.07, 6.45) is 19.0. The minimum atomic E-state index is 0.223. The quantitative estimate of drug-likeness (QED) is 0.712. The molecule has 138 valence electrons. The van der Waals surface area contributed by atoms with Crippen LogP contribution in [0.15, 0.2) is 0 Å². The number of hydrogen-bond acceptors (Lipinski definition) is 2. The van der Waals surface area contributed by atoms with Gasteiger partial charge in [-0.05, 0) is 56.8 Å². The predicted octanol–water partition coefficient (Wildman–Crippen LogP) is 4.93. The van der Waals surface area contributed by atoms with Crippen molar-refractivity contribution in [2.24, 2.45) is 11.8 Å². The molecule has 24 heavy (non-hydrogen) atoms. The summed E-state index contributed by atoms with van der Waals surface area (Å²) in [5.74, 6) is 2.15. The molecule has 3 aliphatic rings. The molecule has 0 aromatic heterocycles. The molecule has 1 amide bonds. The third-order valence-electron chi connectivity index (χ3n) is 6.59. The first-order valence-electron chi connectivity index (χ1n) is 10.7. The Kier molecular flexibility index (Phi) is 7.44. The SMILES string of the molecule is O=C(COC1CCC(CC2CCCCC2)CC1)N1CCCCCC1. The van der Waals surface area contributed by atoms with E-state index in [1.807, 2.05) is 4.90 Å². The minimum absolute atomic E-state index is 0.223. The summed E-state index contributed by atoms with van der Waals surface area (Å²) < 4.78 is 5.99. The molecule has 2 saturated carbocycles. The van der Waals surface area contributed by atoms with Crippen molar-refractivity contribution in [3.63, 3.8) is 0 Å². The standard InChI is InChI=1S/C21H37NO2/c23-21(22-14-6-1-2-7-15-22)17-24-20-12-10-19(11-13-20)16-18-8-4-3-5-9-18/h18-20H,1-17H2. The Morgan fingerprint density at radius 3 is 2.00 bits per heavy atom. The van der Waals surface area contributed by atoms with Crippen LogP contribution < -0.4 is 0 Å². The van der Waals surface area contributed by atoms with E-state index in [-0.39, 0.29) is 5.91 Å². The van der Waals surface area contributed by atoms with E-state index in [9.17, 15) is 4.79 Å². The maximum atomic E-state index is 12.3. The second-order valence-electron chi connectivity index (χ2n) is 8.49. The Morgan fingerprint density at radius 1 is 0.750 bits per heavy atom. The van der Waals surface area contributed by atoms with Gasteiger partial charge in [0, 0.05) is 13.1 Å². The molecule has 1 aliphatic heterocycles. The molecule has 0 atom stereocenters. The van der Waals surface area contributed by atoms with Crippen LogP contribution in [0.25, 0.3) is 0 Å². The Balaban J connectivity index is 1.31. The largest absolute Gasteiger partial charge is 0.368 e. The maximum absolute atomic E-state index is 12.3. The van der Waals surface area contributed by atoms with Crippen molar-refractivity contribution in [3.05, 3.63) is 0 Å². The first-order valence-corrected chi connectivity index (χ1v) is 10.7. The lowest BCUT2D eigenvalue weighted by atomic mass is 9.77. The minimum Gasteiger partial charge on any atom is -0.368 e. The Morgan fingerprint density at radius 2 is 1.33 bits per heavy atom. The lowest BCUT2D eigenvalue weighted by Crippen LogP contribution is -2.36. The fraction of sp³-hybridized carbons (Fsp3) is 0.952. The first kappa shape index (κ1) is 18.2. The summed E-state index contributed by atoms with van der Waals surface area (Å²) in [6, 6.07) is 0. The molecule has 1 heterocycles. The molecular formula is C21H37NO2. The molecule has 3 rings (SSSR count). The summed E-state index contributed by atoms with van der Waals surface area (Å²) in [5, 5.41) is 0. The summed E-state index contributed by atoms with van der Waals surface area (Å²) in [7, 11) is 0. The van der Waals surface area contributed by atoms with Crippen molar-refractivity contribution in [1.82, 2.24) is 4.90 Å². The van der Waals surface area contributed by atoms with Crippen LogP contribution in [0.4, 0.5) is 0 Å². The van der Waals surface area contributed by atoms with E-state index in [1.54, 1.807) is 0 Å². The molecule has 0 N–H and O–H groups in total. The van der Waals surface area contributed by atoms with Crippen LogP contribution in [-0.4, -0.2) is 36.6 Å². The van der Waals surface area contributed by atoms with Gasteiger partial charge >= 0.3 is 0 Å². The lowest BCUT2D eigenvalue weighted by molar-refractivity contribution is -0.139. The highest BCUT2D eigenvalue weighted by atomic mass is 16.5. The summed E-state index contributed by atoms with van der Waals surface area (Å²) in [6.45, 7) is 2.20. The van der Waals surface area contributed by atoms with Gasteiger partial charge in [-0.3, -0.25) is 4.79 Å². The summed E-state index contributed by atoms with van der Waals surface area (Å²) in [4.78, 5) is 14.4. The van der Waals surface area contributed by atoms with Crippen LogP contribution in [0.3, 0.4) is 0 Å². The summed E-state index contributed by atoms with van der Waals surface area (Å²) in [5.41, 5.74) is 0. The molecule has 0 aromatic carbocycles. The van der Waals surface area contributed by atoms with Crippen molar-refractivity contribution in [2.45, 2.75) is 96.0 Å². The number of likely N-dealkylation sites (tertiary alicyclic amines) is 1. The van der Waals surface area contributed by atoms with Crippen molar-refractivity contribution < 1.29 is 9.53 Å². The van der Waals surface area contributed by atoms with Gasteiger partial charge in [0.25, 0.3) is 0 Å². The topological polar surface area (TPSA) is 29.5 Å². The Bertz CT molecular complexity index is 362. The number of hydrogen-bond donors (Lipinski definition) is 0. The van der Waals surface area contributed by atoms with Crippen molar-refractivity contribution >= 4 is 5.91 Å². The lowest BCUT2D eigenvalue weighted by Gasteiger charge is -2.32. The fourth-order valence-electron chi connectivity index (χ4n) is 5.03. The predicted molar refractivity (Wildman–Crippen MR) is 97.9 cm³/mol. The number of rotatable bonds is 5. The van der Waals surface area contributed by atoms with Crippen LogP contribution >= 0.6 is 0 Å². The van der Waals surface area contributed by atoms with Gasteiger partial charge in [-0.25, -0.2) is 0 Å². The number of amides is 1. The van der Waals surface area contributed by atoms with E-state index >= 15 is 0 Å². The number of carbonyl (C=O) groups excluding carboxylic acids is 1. The third-order valence-corrected chi connectivity index (χ3v) is 6.59. The van der Waals surface area contributed by atoms with Gasteiger partial charge in [-0.15, -0.1) is 0 Å². The number of carbonyl (C=O) groups is 1. The van der Waals surface area contributed by atoms with Gasteiger partial charge in [0.05, 0.1) is 6.10 Å². The molecular weight excluding hydrogens is 298 g/mol. The van der Waals surface area contributed by atoms with E-state index in [0.717, 1.165) is 37.8 Å². The average molecular weight is 336 g/mol. The van der Waals surface area contributed by atoms with Crippen molar-refractivity contribution in [3.8, 4) is 0 Å². The monoisotopic (exact) mass is 335 g/mol. The molecule has 3 heteroatoms. The van der Waals surface area contributed by atoms with E-state index in [0.29, 0.717) is 12.7 Å². The maximum Gasteiger partial charge on any atom is 0.248 e. The average Bonchev–Trinajstić information content (AvgIpc) is 2.91. The van der Waals surface area contributed by atoms with E-state index in [2.05, 4.69) is 0 Å². The van der Waals surface area contributed by atoms with Crippen molar-refractivity contribution in [1.29, 1.82) is 0 Å². The van der Waals surface area contributed by atoms with Crippen LogP contribution in [0.5, 0.6) is 0 Å². The highest BCUT2D eigenvalue weighted by Crippen LogP contribution is 2.35. The molecule has 0 unspecified atom stereocenters. The summed E-state index contributed by atoms with van der Waals surface area (Å²) >= 11 is 0. The molecule has 2 aliphatic carbocycles. The zero-order valence-corrected chi connectivity index (χ0v) is 15.5. The molecule has 0 bridgehead atoms. The van der Waals surface area contributed by atoms with Crippen molar-refractivity contribution in [2.75, 3.05) is 19.7 Å². The van der Waals surface area contributed by atoms with Gasteiger partial charge in [-0.1, -0.05) is 44.9 Å². The normalized spacial score (nSPS) is 30.1. The first-order chi connectivity index (χ1) is 11.8. The number of ether oxygens (including phenoxy) is 1. The smallest absolute Gasteiger partial charge is 0.248 e. The van der Waals surface area contributed by atoms with Gasteiger partial charge in [0.1, 0.15) is 6.61 Å². The van der Waals surface area contributed by atoms with E-state index in [4.69, 9.17) is 4.74 Å². The van der Waals surface area contributed by atoms with E-state index < -0.39 is 0 Å². The van der Waals surface area contributed by atoms with Gasteiger partial charge < -0.3 is 9.64 Å². The zero-order chi connectivity index (χ0) is 16.6.